The van der Waals surface area contributed by atoms with E-state index in [1.807, 2.05) is 49.1 Å². The Kier molecular flexibility index (Phi) is 6.94. The van der Waals surface area contributed by atoms with Crippen LogP contribution in [0.4, 0.5) is 41.0 Å². The summed E-state index contributed by atoms with van der Waals surface area (Å²) in [6.07, 6.45) is -4.85. The molecule has 2 N–H and O–H groups in total. The van der Waals surface area contributed by atoms with Gasteiger partial charge in [-0.1, -0.05) is 29.8 Å². The second-order valence-electron chi connectivity index (χ2n) is 8.10. The summed E-state index contributed by atoms with van der Waals surface area (Å²) in [5, 5.41) is 5.80. The molecule has 0 radical (unpaired) electrons. The molecule has 35 heavy (non-hydrogen) atoms. The molecule has 3 aromatic rings. The number of piperazine rings is 1. The maximum absolute atomic E-state index is 12.7. The smallest absolute Gasteiger partial charge is 0.404 e. The van der Waals surface area contributed by atoms with Crippen LogP contribution in [0.3, 0.4) is 0 Å². The highest BCUT2D eigenvalue weighted by Gasteiger charge is 2.32. The number of anilines is 4. The number of halogens is 3. The average molecular weight is 486 g/mol. The maximum Gasteiger partial charge on any atom is 0.573 e. The highest BCUT2D eigenvalue weighted by Crippen LogP contribution is 2.30. The van der Waals surface area contributed by atoms with Gasteiger partial charge in [0.1, 0.15) is 17.5 Å². The molecule has 2 aromatic carbocycles. The van der Waals surface area contributed by atoms with Gasteiger partial charge in [-0.05, 0) is 38.1 Å². The largest absolute Gasteiger partial charge is 0.573 e. The van der Waals surface area contributed by atoms with Crippen molar-refractivity contribution in [3.63, 3.8) is 0 Å². The lowest BCUT2D eigenvalue weighted by Crippen LogP contribution is -2.50. The Labute approximate surface area is 200 Å². The van der Waals surface area contributed by atoms with E-state index in [4.69, 9.17) is 0 Å². The zero-order valence-electron chi connectivity index (χ0n) is 19.3. The second-order valence-corrected chi connectivity index (χ2v) is 8.10. The van der Waals surface area contributed by atoms with Crippen molar-refractivity contribution in [1.29, 1.82) is 0 Å². The van der Waals surface area contributed by atoms with Crippen molar-refractivity contribution in [3.05, 3.63) is 66.0 Å². The fraction of sp³-hybridized carbons (Fsp3) is 0.292. The van der Waals surface area contributed by atoms with E-state index in [9.17, 15) is 18.0 Å². The molecule has 1 aliphatic heterocycles. The zero-order chi connectivity index (χ0) is 25.0. The third-order valence-electron chi connectivity index (χ3n) is 5.39. The quantitative estimate of drug-likeness (QED) is 0.523. The average Bonchev–Trinajstić information content (AvgIpc) is 2.81. The van der Waals surface area contributed by atoms with Crippen LogP contribution in [-0.2, 0) is 0 Å². The summed E-state index contributed by atoms with van der Waals surface area (Å²) >= 11 is 0. The molecular formula is C24H25F3N6O2. The number of nitrogens with one attached hydrogen (secondary N) is 2. The van der Waals surface area contributed by atoms with Crippen molar-refractivity contribution in [3.8, 4) is 5.75 Å². The van der Waals surface area contributed by atoms with E-state index in [0.717, 1.165) is 23.1 Å². The van der Waals surface area contributed by atoms with Crippen LogP contribution >= 0.6 is 0 Å². The van der Waals surface area contributed by atoms with E-state index in [1.165, 1.54) is 18.2 Å². The molecule has 4 rings (SSSR count). The SMILES string of the molecule is Cc1ccc(Nc2cc(N3CCN(C(=O)Nc4ccccc4OC(F)(F)F)CC3)nc(C)n2)cc1. The number of carbonyl (C=O) groups excluding carboxylic acids is 1. The van der Waals surface area contributed by atoms with Crippen molar-refractivity contribution in [1.82, 2.24) is 14.9 Å². The molecule has 2 heterocycles. The summed E-state index contributed by atoms with van der Waals surface area (Å²) in [7, 11) is 0. The summed E-state index contributed by atoms with van der Waals surface area (Å²) < 4.78 is 41.9. The minimum atomic E-state index is -4.85. The van der Waals surface area contributed by atoms with E-state index >= 15 is 0 Å². The van der Waals surface area contributed by atoms with Gasteiger partial charge in [-0.15, -0.1) is 13.2 Å². The highest BCUT2D eigenvalue weighted by atomic mass is 19.4. The Morgan fingerprint density at radius 1 is 0.971 bits per heavy atom. The van der Waals surface area contributed by atoms with E-state index < -0.39 is 18.1 Å². The fourth-order valence-electron chi connectivity index (χ4n) is 3.68. The molecular weight excluding hydrogens is 461 g/mol. The third kappa shape index (κ3) is 6.52. The lowest BCUT2D eigenvalue weighted by Gasteiger charge is -2.35. The first-order valence-electron chi connectivity index (χ1n) is 11.0. The van der Waals surface area contributed by atoms with Gasteiger partial charge in [0, 0.05) is 37.9 Å². The topological polar surface area (TPSA) is 82.6 Å². The first kappa shape index (κ1) is 24.1. The van der Waals surface area contributed by atoms with Crippen LogP contribution < -0.4 is 20.3 Å². The van der Waals surface area contributed by atoms with Crippen LogP contribution in [0.5, 0.6) is 5.75 Å². The number of aromatic nitrogens is 2. The van der Waals surface area contributed by atoms with E-state index in [-0.39, 0.29) is 5.69 Å². The summed E-state index contributed by atoms with van der Waals surface area (Å²) in [4.78, 5) is 25.3. The Morgan fingerprint density at radius 2 is 1.66 bits per heavy atom. The first-order valence-corrected chi connectivity index (χ1v) is 11.0. The van der Waals surface area contributed by atoms with Crippen molar-refractivity contribution in [2.24, 2.45) is 0 Å². The predicted molar refractivity (Wildman–Crippen MR) is 127 cm³/mol. The zero-order valence-corrected chi connectivity index (χ0v) is 19.3. The Balaban J connectivity index is 1.38. The number of urea groups is 1. The Morgan fingerprint density at radius 3 is 2.34 bits per heavy atom. The number of benzene rings is 2. The molecule has 1 fully saturated rings. The molecule has 0 aliphatic carbocycles. The van der Waals surface area contributed by atoms with Crippen molar-refractivity contribution in [2.75, 3.05) is 41.7 Å². The normalized spacial score (nSPS) is 14.0. The van der Waals surface area contributed by atoms with Crippen LogP contribution in [0.25, 0.3) is 0 Å². The lowest BCUT2D eigenvalue weighted by molar-refractivity contribution is -0.274. The number of hydrogen-bond donors (Lipinski definition) is 2. The fourth-order valence-corrected chi connectivity index (χ4v) is 3.68. The van der Waals surface area contributed by atoms with Gasteiger partial charge >= 0.3 is 12.4 Å². The number of aryl methyl sites for hydroxylation is 2. The second kappa shape index (κ2) is 10.1. The van der Waals surface area contributed by atoms with E-state index in [0.29, 0.717) is 37.8 Å². The lowest BCUT2D eigenvalue weighted by atomic mass is 10.2. The standard InChI is InChI=1S/C24H25F3N6O2/c1-16-7-9-18(10-8-16)30-21-15-22(29-17(2)28-21)32-11-13-33(14-12-32)23(34)31-19-5-3-4-6-20(19)35-24(25,26)27/h3-10,15H,11-14H2,1-2H3,(H,31,34)(H,28,29,30). The van der Waals surface area contributed by atoms with Crippen LogP contribution in [0.1, 0.15) is 11.4 Å². The number of rotatable bonds is 5. The van der Waals surface area contributed by atoms with Gasteiger partial charge in [0.25, 0.3) is 0 Å². The molecule has 11 heteroatoms. The number of nitrogens with zero attached hydrogens (tertiary/aromatic N) is 4. The number of ether oxygens (including phenoxy) is 1. The molecule has 1 saturated heterocycles. The van der Waals surface area contributed by atoms with Crippen molar-refractivity contribution >= 4 is 29.0 Å². The number of carbonyl (C=O) groups is 1. The molecule has 0 unspecified atom stereocenters. The molecule has 8 nitrogen and oxygen atoms in total. The summed E-state index contributed by atoms with van der Waals surface area (Å²) in [5.74, 6) is 1.55. The molecule has 1 aliphatic rings. The number of para-hydroxylation sites is 2. The Bertz CT molecular complexity index is 1180. The summed E-state index contributed by atoms with van der Waals surface area (Å²) in [5.41, 5.74) is 2.03. The Hall–Kier alpha value is -4.02. The predicted octanol–water partition coefficient (Wildman–Crippen LogP) is 5.09. The van der Waals surface area contributed by atoms with Gasteiger partial charge in [0.05, 0.1) is 5.69 Å². The molecule has 2 amide bonds. The minimum absolute atomic E-state index is 0.0458. The first-order chi connectivity index (χ1) is 16.7. The maximum atomic E-state index is 12.7. The van der Waals surface area contributed by atoms with Gasteiger partial charge in [-0.2, -0.15) is 0 Å². The molecule has 0 saturated carbocycles. The van der Waals surface area contributed by atoms with Gasteiger partial charge in [-0.3, -0.25) is 0 Å². The molecule has 0 spiro atoms. The monoisotopic (exact) mass is 486 g/mol. The molecule has 1 aromatic heterocycles. The summed E-state index contributed by atoms with van der Waals surface area (Å²) in [6, 6.07) is 14.8. The number of alkyl halides is 3. The number of hydrogen-bond acceptors (Lipinski definition) is 6. The van der Waals surface area contributed by atoms with Gasteiger partial charge < -0.3 is 25.2 Å². The minimum Gasteiger partial charge on any atom is -0.404 e. The highest BCUT2D eigenvalue weighted by molar-refractivity contribution is 5.91. The number of amides is 2. The van der Waals surface area contributed by atoms with E-state index in [1.54, 1.807) is 4.90 Å². The summed E-state index contributed by atoms with van der Waals surface area (Å²) in [6.45, 7) is 5.60. The van der Waals surface area contributed by atoms with Gasteiger partial charge in [-0.25, -0.2) is 14.8 Å². The molecule has 0 bridgehead atoms. The van der Waals surface area contributed by atoms with Gasteiger partial charge in [0.2, 0.25) is 0 Å². The van der Waals surface area contributed by atoms with Crippen molar-refractivity contribution in [2.45, 2.75) is 20.2 Å². The molecule has 0 atom stereocenters. The van der Waals surface area contributed by atoms with Crippen LogP contribution in [0.15, 0.2) is 54.6 Å². The van der Waals surface area contributed by atoms with Crippen LogP contribution in [0, 0.1) is 13.8 Å². The van der Waals surface area contributed by atoms with Crippen LogP contribution in [-0.4, -0.2) is 53.4 Å². The third-order valence-corrected chi connectivity index (χ3v) is 5.39. The van der Waals surface area contributed by atoms with Gasteiger partial charge in [0.15, 0.2) is 5.75 Å². The van der Waals surface area contributed by atoms with Crippen LogP contribution in [0.2, 0.25) is 0 Å². The van der Waals surface area contributed by atoms with E-state index in [2.05, 4.69) is 25.3 Å². The molecule has 184 valence electrons. The van der Waals surface area contributed by atoms with Crippen molar-refractivity contribution < 1.29 is 22.7 Å².